The largest absolute Gasteiger partial charge is 0.453 e. The number of hydrogen-bond donors (Lipinski definition) is 2. The smallest absolute Gasteiger partial charge is 0.301 e. The number of furan rings is 1. The summed E-state index contributed by atoms with van der Waals surface area (Å²) in [6, 6.07) is 1.80. The van der Waals surface area contributed by atoms with Crippen LogP contribution in [0.4, 0.5) is 0 Å². The third-order valence-corrected chi connectivity index (χ3v) is 3.24. The Morgan fingerprint density at radius 1 is 1.53 bits per heavy atom. The maximum atomic E-state index is 11.4. The lowest BCUT2D eigenvalue weighted by atomic mass is 10.0. The molecular formula is C13H20N2O4. The van der Waals surface area contributed by atoms with Gasteiger partial charge in [-0.3, -0.25) is 10.2 Å². The van der Waals surface area contributed by atoms with Crippen molar-refractivity contribution in [1.82, 2.24) is 5.43 Å². The van der Waals surface area contributed by atoms with Crippen molar-refractivity contribution in [2.45, 2.75) is 26.4 Å². The molecule has 1 aromatic rings. The molecule has 2 heterocycles. The van der Waals surface area contributed by atoms with E-state index in [1.807, 2.05) is 0 Å². The molecule has 0 aliphatic carbocycles. The highest BCUT2D eigenvalue weighted by Gasteiger charge is 2.16. The number of nitrogen functional groups attached to an aromatic ring is 1. The van der Waals surface area contributed by atoms with E-state index in [4.69, 9.17) is 19.7 Å². The lowest BCUT2D eigenvalue weighted by Gasteiger charge is -2.21. The highest BCUT2D eigenvalue weighted by molar-refractivity contribution is 5.92. The quantitative estimate of drug-likeness (QED) is 0.475. The number of amides is 1. The molecule has 6 nitrogen and oxygen atoms in total. The number of ether oxygens (including phenoxy) is 2. The Hall–Kier alpha value is -1.37. The number of aryl methyl sites for hydroxylation is 1. The molecule has 1 aliphatic rings. The van der Waals surface area contributed by atoms with Gasteiger partial charge in [0.25, 0.3) is 0 Å². The Bertz CT molecular complexity index is 424. The molecule has 0 aromatic carbocycles. The van der Waals surface area contributed by atoms with Gasteiger partial charge >= 0.3 is 5.91 Å². The standard InChI is InChI=1S/C13H20N2O4/c1-9-6-11(19-12(9)13(16)15-14)8-18-7-10-2-4-17-5-3-10/h6,10H,2-5,7-8,14H2,1H3,(H,15,16). The first kappa shape index (κ1) is 14.0. The lowest BCUT2D eigenvalue weighted by molar-refractivity contribution is 0.0118. The van der Waals surface area contributed by atoms with Crippen molar-refractivity contribution in [2.24, 2.45) is 11.8 Å². The maximum absolute atomic E-state index is 11.4. The van der Waals surface area contributed by atoms with Crippen molar-refractivity contribution in [1.29, 1.82) is 0 Å². The monoisotopic (exact) mass is 268 g/mol. The molecule has 0 atom stereocenters. The summed E-state index contributed by atoms with van der Waals surface area (Å²) in [4.78, 5) is 11.4. The second-order valence-corrected chi connectivity index (χ2v) is 4.77. The fraction of sp³-hybridized carbons (Fsp3) is 0.615. The Labute approximate surface area is 112 Å². The third kappa shape index (κ3) is 3.79. The van der Waals surface area contributed by atoms with Crippen LogP contribution in [0.1, 0.15) is 34.7 Å². The molecule has 0 bridgehead atoms. The Morgan fingerprint density at radius 3 is 2.95 bits per heavy atom. The molecule has 0 spiro atoms. The van der Waals surface area contributed by atoms with Crippen LogP contribution in [0.25, 0.3) is 0 Å². The molecule has 0 radical (unpaired) electrons. The number of nitrogens with two attached hydrogens (primary N) is 1. The van der Waals surface area contributed by atoms with Crippen LogP contribution in [0, 0.1) is 12.8 Å². The molecule has 2 rings (SSSR count). The van der Waals surface area contributed by atoms with Gasteiger partial charge in [0.1, 0.15) is 12.4 Å². The molecule has 1 fully saturated rings. The Kier molecular flexibility index (Phi) is 4.95. The highest BCUT2D eigenvalue weighted by Crippen LogP contribution is 2.18. The van der Waals surface area contributed by atoms with Crippen molar-refractivity contribution < 1.29 is 18.7 Å². The number of rotatable bonds is 5. The fourth-order valence-electron chi connectivity index (χ4n) is 2.15. The van der Waals surface area contributed by atoms with E-state index in [0.717, 1.165) is 31.6 Å². The van der Waals surface area contributed by atoms with Gasteiger partial charge < -0.3 is 13.9 Å². The highest BCUT2D eigenvalue weighted by atomic mass is 16.5. The maximum Gasteiger partial charge on any atom is 0.301 e. The van der Waals surface area contributed by atoms with E-state index in [0.29, 0.717) is 24.9 Å². The van der Waals surface area contributed by atoms with E-state index in [1.165, 1.54) is 0 Å². The summed E-state index contributed by atoms with van der Waals surface area (Å²) < 4.78 is 16.3. The van der Waals surface area contributed by atoms with Gasteiger partial charge in [-0.2, -0.15) is 0 Å². The van der Waals surface area contributed by atoms with Crippen LogP contribution in [0.3, 0.4) is 0 Å². The van der Waals surface area contributed by atoms with Gasteiger partial charge in [0.05, 0.1) is 6.61 Å². The minimum absolute atomic E-state index is 0.243. The molecule has 1 aliphatic heterocycles. The van der Waals surface area contributed by atoms with Crippen LogP contribution in [0.2, 0.25) is 0 Å². The van der Waals surface area contributed by atoms with Crippen LogP contribution < -0.4 is 11.3 Å². The second-order valence-electron chi connectivity index (χ2n) is 4.77. The zero-order valence-corrected chi connectivity index (χ0v) is 11.1. The van der Waals surface area contributed by atoms with Crippen LogP contribution in [-0.2, 0) is 16.1 Å². The summed E-state index contributed by atoms with van der Waals surface area (Å²) in [6.07, 6.45) is 2.08. The number of hydrazine groups is 1. The summed E-state index contributed by atoms with van der Waals surface area (Å²) >= 11 is 0. The number of carbonyl (C=O) groups is 1. The first-order valence-corrected chi connectivity index (χ1v) is 6.46. The molecule has 106 valence electrons. The van der Waals surface area contributed by atoms with E-state index in [2.05, 4.69) is 5.43 Å². The van der Waals surface area contributed by atoms with Gasteiger partial charge in [0.2, 0.25) is 0 Å². The summed E-state index contributed by atoms with van der Waals surface area (Å²) in [6.45, 7) is 4.50. The van der Waals surface area contributed by atoms with E-state index < -0.39 is 5.91 Å². The average molecular weight is 268 g/mol. The second kappa shape index (κ2) is 6.70. The third-order valence-electron chi connectivity index (χ3n) is 3.24. The molecule has 6 heteroatoms. The first-order chi connectivity index (χ1) is 9.20. The normalized spacial score (nSPS) is 16.5. The van der Waals surface area contributed by atoms with E-state index in [1.54, 1.807) is 13.0 Å². The van der Waals surface area contributed by atoms with Crippen molar-refractivity contribution in [3.05, 3.63) is 23.2 Å². The summed E-state index contributed by atoms with van der Waals surface area (Å²) in [5, 5.41) is 0. The van der Waals surface area contributed by atoms with Crippen LogP contribution >= 0.6 is 0 Å². The predicted octanol–water partition coefficient (Wildman–Crippen LogP) is 1.13. The van der Waals surface area contributed by atoms with Gasteiger partial charge in [-0.1, -0.05) is 0 Å². The van der Waals surface area contributed by atoms with E-state index in [9.17, 15) is 4.79 Å². The summed E-state index contributed by atoms with van der Waals surface area (Å²) in [7, 11) is 0. The van der Waals surface area contributed by atoms with Crippen molar-refractivity contribution >= 4 is 5.91 Å². The topological polar surface area (TPSA) is 86.7 Å². The summed E-state index contributed by atoms with van der Waals surface area (Å²) in [5.74, 6) is 6.09. The molecule has 0 unspecified atom stereocenters. The van der Waals surface area contributed by atoms with Crippen LogP contribution in [0.15, 0.2) is 10.5 Å². The molecular weight excluding hydrogens is 248 g/mol. The number of hydrogen-bond acceptors (Lipinski definition) is 5. The van der Waals surface area contributed by atoms with Gasteiger partial charge in [0, 0.05) is 18.8 Å². The first-order valence-electron chi connectivity index (χ1n) is 6.46. The predicted molar refractivity (Wildman–Crippen MR) is 68.3 cm³/mol. The molecule has 0 saturated carbocycles. The molecule has 1 saturated heterocycles. The molecule has 19 heavy (non-hydrogen) atoms. The zero-order chi connectivity index (χ0) is 13.7. The van der Waals surface area contributed by atoms with E-state index in [-0.39, 0.29) is 5.76 Å². The van der Waals surface area contributed by atoms with Crippen molar-refractivity contribution in [3.8, 4) is 0 Å². The van der Waals surface area contributed by atoms with Gasteiger partial charge in [-0.05, 0) is 31.7 Å². The lowest BCUT2D eigenvalue weighted by Crippen LogP contribution is -2.30. The number of carbonyl (C=O) groups excluding carboxylic acids is 1. The van der Waals surface area contributed by atoms with Crippen LogP contribution in [0.5, 0.6) is 0 Å². The Balaban J connectivity index is 1.81. The SMILES string of the molecule is Cc1cc(COCC2CCOCC2)oc1C(=O)NN. The average Bonchev–Trinajstić information content (AvgIpc) is 2.80. The fourth-order valence-corrected chi connectivity index (χ4v) is 2.15. The van der Waals surface area contributed by atoms with E-state index >= 15 is 0 Å². The molecule has 1 amide bonds. The number of nitrogens with one attached hydrogen (secondary N) is 1. The van der Waals surface area contributed by atoms with Crippen molar-refractivity contribution in [2.75, 3.05) is 19.8 Å². The van der Waals surface area contributed by atoms with Crippen LogP contribution in [-0.4, -0.2) is 25.7 Å². The van der Waals surface area contributed by atoms with Gasteiger partial charge in [-0.25, -0.2) is 5.84 Å². The zero-order valence-electron chi connectivity index (χ0n) is 11.1. The van der Waals surface area contributed by atoms with Gasteiger partial charge in [0.15, 0.2) is 5.76 Å². The molecule has 1 aromatic heterocycles. The Morgan fingerprint density at radius 2 is 2.26 bits per heavy atom. The summed E-state index contributed by atoms with van der Waals surface area (Å²) in [5.41, 5.74) is 2.81. The van der Waals surface area contributed by atoms with Gasteiger partial charge in [-0.15, -0.1) is 0 Å². The van der Waals surface area contributed by atoms with Crippen molar-refractivity contribution in [3.63, 3.8) is 0 Å². The minimum Gasteiger partial charge on any atom is -0.453 e. The minimum atomic E-state index is -0.423. The molecule has 3 N–H and O–H groups in total.